The molecule has 1 aromatic carbocycles. The highest BCUT2D eigenvalue weighted by atomic mass is 16.5. The van der Waals surface area contributed by atoms with Gasteiger partial charge >= 0.3 is 0 Å². The number of methoxy groups -OCH3 is 1. The molecule has 5 heteroatoms. The minimum Gasteiger partial charge on any atom is -0.497 e. The molecule has 4 rings (SSSR count). The monoisotopic (exact) mass is 353 g/mol. The molecule has 0 aliphatic carbocycles. The number of nitrogens with zero attached hydrogens (tertiary/aromatic N) is 3. The number of aromatic nitrogens is 2. The lowest BCUT2D eigenvalue weighted by atomic mass is 9.80. The predicted octanol–water partition coefficient (Wildman–Crippen LogP) is 3.32. The fourth-order valence-electron chi connectivity index (χ4n) is 4.68. The normalized spacial score (nSPS) is 28.3. The first-order chi connectivity index (χ1) is 12.5. The Balaban J connectivity index is 1.53. The molecule has 2 saturated heterocycles. The molecule has 2 aliphatic rings. The first-order valence-corrected chi connectivity index (χ1v) is 9.32. The molecule has 0 saturated carbocycles. The molecule has 5 nitrogen and oxygen atoms in total. The van der Waals surface area contributed by atoms with E-state index >= 15 is 0 Å². The number of ether oxygens (including phenoxy) is 1. The van der Waals surface area contributed by atoms with E-state index in [2.05, 4.69) is 29.7 Å². The summed E-state index contributed by atoms with van der Waals surface area (Å²) < 4.78 is 7.03. The highest BCUT2D eigenvalue weighted by Crippen LogP contribution is 2.46. The molecule has 1 aromatic heterocycles. The van der Waals surface area contributed by atoms with Gasteiger partial charge in [0.05, 0.1) is 18.4 Å². The van der Waals surface area contributed by atoms with Crippen LogP contribution in [0.25, 0.3) is 6.20 Å². The number of piperidine rings is 1. The van der Waals surface area contributed by atoms with Crippen molar-refractivity contribution in [1.82, 2.24) is 14.7 Å². The Morgan fingerprint density at radius 3 is 2.46 bits per heavy atom. The molecule has 2 fully saturated rings. The van der Waals surface area contributed by atoms with Gasteiger partial charge in [-0.1, -0.05) is 18.7 Å². The van der Waals surface area contributed by atoms with E-state index in [1.807, 2.05) is 24.3 Å². The standard InChI is InChI=1S/C21H27N3O2/c1-4-23-13-16(15(2)22-23)14-24-18-7-8-19(24)12-21(25,11-18)17-5-9-20(26-3)10-6-17/h4-6,9-10,13,18-19,25H,1,7-8,11-12,14H2,2-3H3/t18-,19-/m0/s1. The fourth-order valence-corrected chi connectivity index (χ4v) is 4.68. The molecule has 1 N–H and O–H groups in total. The van der Waals surface area contributed by atoms with Gasteiger partial charge in [0.25, 0.3) is 0 Å². The van der Waals surface area contributed by atoms with E-state index in [1.54, 1.807) is 18.0 Å². The summed E-state index contributed by atoms with van der Waals surface area (Å²) in [6, 6.07) is 8.71. The predicted molar refractivity (Wildman–Crippen MR) is 102 cm³/mol. The van der Waals surface area contributed by atoms with Crippen LogP contribution >= 0.6 is 0 Å². The van der Waals surface area contributed by atoms with Gasteiger partial charge in [0.15, 0.2) is 0 Å². The molecule has 0 amide bonds. The number of aliphatic hydroxyl groups is 1. The van der Waals surface area contributed by atoms with Crippen molar-refractivity contribution < 1.29 is 9.84 Å². The molecule has 0 radical (unpaired) electrons. The largest absolute Gasteiger partial charge is 0.497 e. The van der Waals surface area contributed by atoms with Crippen LogP contribution in [0, 0.1) is 6.92 Å². The van der Waals surface area contributed by atoms with Crippen molar-refractivity contribution in [2.24, 2.45) is 0 Å². The van der Waals surface area contributed by atoms with E-state index in [9.17, 15) is 5.11 Å². The molecule has 0 spiro atoms. The molecule has 138 valence electrons. The zero-order valence-electron chi connectivity index (χ0n) is 15.6. The van der Waals surface area contributed by atoms with Gasteiger partial charge in [-0.3, -0.25) is 4.90 Å². The zero-order chi connectivity index (χ0) is 18.3. The van der Waals surface area contributed by atoms with Crippen molar-refractivity contribution in [1.29, 1.82) is 0 Å². The van der Waals surface area contributed by atoms with Crippen LogP contribution in [-0.4, -0.2) is 39.0 Å². The molecule has 26 heavy (non-hydrogen) atoms. The average Bonchev–Trinajstić information content (AvgIpc) is 3.12. The molecule has 2 aliphatic heterocycles. The summed E-state index contributed by atoms with van der Waals surface area (Å²) in [6.45, 7) is 6.73. The highest BCUT2D eigenvalue weighted by molar-refractivity contribution is 5.32. The Morgan fingerprint density at radius 1 is 1.27 bits per heavy atom. The van der Waals surface area contributed by atoms with Gasteiger partial charge in [0.2, 0.25) is 0 Å². The Kier molecular flexibility index (Phi) is 4.37. The first kappa shape index (κ1) is 17.3. The number of rotatable bonds is 5. The van der Waals surface area contributed by atoms with E-state index in [0.717, 1.165) is 49.2 Å². The number of fused-ring (bicyclic) bond motifs is 2. The van der Waals surface area contributed by atoms with E-state index in [0.29, 0.717) is 12.1 Å². The quantitative estimate of drug-likeness (QED) is 0.896. The lowest BCUT2D eigenvalue weighted by Gasteiger charge is -2.44. The first-order valence-electron chi connectivity index (χ1n) is 9.32. The summed E-state index contributed by atoms with van der Waals surface area (Å²) in [5, 5.41) is 15.8. The van der Waals surface area contributed by atoms with Crippen LogP contribution in [0.1, 0.15) is 42.5 Å². The maximum Gasteiger partial charge on any atom is 0.118 e. The topological polar surface area (TPSA) is 50.5 Å². The summed E-state index contributed by atoms with van der Waals surface area (Å²) in [5.41, 5.74) is 2.57. The number of hydrogen-bond donors (Lipinski definition) is 1. The maximum atomic E-state index is 11.4. The van der Waals surface area contributed by atoms with Gasteiger partial charge in [-0.05, 0) is 50.3 Å². The second-order valence-electron chi connectivity index (χ2n) is 7.63. The van der Waals surface area contributed by atoms with Crippen LogP contribution in [0.5, 0.6) is 5.75 Å². The van der Waals surface area contributed by atoms with Gasteiger partial charge in [0.1, 0.15) is 5.75 Å². The zero-order valence-corrected chi connectivity index (χ0v) is 15.6. The van der Waals surface area contributed by atoms with E-state index in [4.69, 9.17) is 4.74 Å². The van der Waals surface area contributed by atoms with Crippen LogP contribution in [0.4, 0.5) is 0 Å². The van der Waals surface area contributed by atoms with Crippen LogP contribution in [0.3, 0.4) is 0 Å². The van der Waals surface area contributed by atoms with Gasteiger partial charge in [0, 0.05) is 36.6 Å². The Bertz CT molecular complexity index is 782. The van der Waals surface area contributed by atoms with Gasteiger partial charge < -0.3 is 9.84 Å². The van der Waals surface area contributed by atoms with Gasteiger partial charge in [-0.2, -0.15) is 5.10 Å². The minimum absolute atomic E-state index is 0.410. The van der Waals surface area contributed by atoms with E-state index in [-0.39, 0.29) is 0 Å². The SMILES string of the molecule is C=Cn1cc(CN2[C@H]3CC[C@H]2CC(O)(c2ccc(OC)cc2)C3)c(C)n1. The highest BCUT2D eigenvalue weighted by Gasteiger charge is 2.48. The van der Waals surface area contributed by atoms with Crippen LogP contribution < -0.4 is 4.74 Å². The van der Waals surface area contributed by atoms with E-state index in [1.165, 1.54) is 5.56 Å². The second-order valence-corrected chi connectivity index (χ2v) is 7.63. The third kappa shape index (κ3) is 2.95. The lowest BCUT2D eigenvalue weighted by Crippen LogP contribution is -2.49. The van der Waals surface area contributed by atoms with Gasteiger partial charge in [-0.15, -0.1) is 0 Å². The maximum absolute atomic E-state index is 11.4. The molecule has 0 unspecified atom stereocenters. The number of benzene rings is 1. The van der Waals surface area contributed by atoms with Gasteiger partial charge in [-0.25, -0.2) is 4.68 Å². The van der Waals surface area contributed by atoms with Crippen LogP contribution in [0.2, 0.25) is 0 Å². The summed E-state index contributed by atoms with van der Waals surface area (Å²) in [5.74, 6) is 0.826. The number of hydrogen-bond acceptors (Lipinski definition) is 4. The third-order valence-corrected chi connectivity index (χ3v) is 6.10. The molecular formula is C21H27N3O2. The van der Waals surface area contributed by atoms with Crippen molar-refractivity contribution in [3.63, 3.8) is 0 Å². The molecule has 2 aromatic rings. The Morgan fingerprint density at radius 2 is 1.92 bits per heavy atom. The summed E-state index contributed by atoms with van der Waals surface area (Å²) >= 11 is 0. The Hall–Kier alpha value is -2.11. The van der Waals surface area contributed by atoms with Crippen molar-refractivity contribution in [2.45, 2.75) is 56.8 Å². The molecular weight excluding hydrogens is 326 g/mol. The van der Waals surface area contributed by atoms with Crippen molar-refractivity contribution in [3.8, 4) is 5.75 Å². The molecule has 3 heterocycles. The van der Waals surface area contributed by atoms with Crippen molar-refractivity contribution >= 4 is 6.20 Å². The van der Waals surface area contributed by atoms with Crippen LogP contribution in [0.15, 0.2) is 37.0 Å². The average molecular weight is 353 g/mol. The van der Waals surface area contributed by atoms with Crippen LogP contribution in [-0.2, 0) is 12.1 Å². The third-order valence-electron chi connectivity index (χ3n) is 6.10. The summed E-state index contributed by atoms with van der Waals surface area (Å²) in [4.78, 5) is 2.56. The smallest absolute Gasteiger partial charge is 0.118 e. The summed E-state index contributed by atoms with van der Waals surface area (Å²) in [6.07, 6.45) is 7.65. The van der Waals surface area contributed by atoms with Crippen molar-refractivity contribution in [3.05, 3.63) is 53.9 Å². The molecule has 2 atom stereocenters. The van der Waals surface area contributed by atoms with Crippen molar-refractivity contribution in [2.75, 3.05) is 7.11 Å². The minimum atomic E-state index is -0.741. The van der Waals surface area contributed by atoms with E-state index < -0.39 is 5.60 Å². The fraction of sp³-hybridized carbons (Fsp3) is 0.476. The lowest BCUT2D eigenvalue weighted by molar-refractivity contribution is -0.0595. The molecule has 2 bridgehead atoms. The number of aryl methyl sites for hydroxylation is 1. The summed E-state index contributed by atoms with van der Waals surface area (Å²) in [7, 11) is 1.67. The Labute approximate surface area is 154 Å². The second kappa shape index (κ2) is 6.56.